The molecule has 3 heteroatoms. The number of fused-ring (bicyclic) bond motifs is 7. The summed E-state index contributed by atoms with van der Waals surface area (Å²) in [7, 11) is 0. The van der Waals surface area contributed by atoms with Crippen LogP contribution < -0.4 is 0 Å². The Morgan fingerprint density at radius 2 is 1.89 bits per heavy atom. The molecule has 0 spiro atoms. The molecule has 3 saturated carbocycles. The van der Waals surface area contributed by atoms with Crippen molar-refractivity contribution in [2.75, 3.05) is 0 Å². The Labute approximate surface area is 174 Å². The molecule has 5 aliphatic carbocycles. The van der Waals surface area contributed by atoms with Crippen molar-refractivity contribution in [2.45, 2.75) is 78.6 Å². The van der Waals surface area contributed by atoms with Crippen LogP contribution >= 0.6 is 11.6 Å². The van der Waals surface area contributed by atoms with Crippen LogP contribution in [0.4, 0.5) is 0 Å². The smallest absolute Gasteiger partial charge is 0.156 e. The first-order chi connectivity index (χ1) is 13.2. The van der Waals surface area contributed by atoms with Gasteiger partial charge in [-0.25, -0.2) is 0 Å². The van der Waals surface area contributed by atoms with Gasteiger partial charge in [0.2, 0.25) is 0 Å². The van der Waals surface area contributed by atoms with Gasteiger partial charge >= 0.3 is 0 Å². The summed E-state index contributed by atoms with van der Waals surface area (Å²) in [6.07, 6.45) is 14.0. The normalized spacial score (nSPS) is 49.9. The minimum absolute atomic E-state index is 0.0168. The Bertz CT molecular complexity index is 809. The molecule has 0 aromatic heterocycles. The van der Waals surface area contributed by atoms with Crippen molar-refractivity contribution in [3.8, 4) is 0 Å². The van der Waals surface area contributed by atoms with Gasteiger partial charge in [0.25, 0.3) is 0 Å². The summed E-state index contributed by atoms with van der Waals surface area (Å²) in [5.41, 5.74) is 1.09. The van der Waals surface area contributed by atoms with Crippen molar-refractivity contribution in [1.29, 1.82) is 0 Å². The molecule has 0 amide bonds. The highest BCUT2D eigenvalue weighted by molar-refractivity contribution is 6.32. The third-order valence-electron chi connectivity index (χ3n) is 10.2. The molecule has 28 heavy (non-hydrogen) atoms. The van der Waals surface area contributed by atoms with Crippen molar-refractivity contribution >= 4 is 23.2 Å². The van der Waals surface area contributed by atoms with Crippen molar-refractivity contribution in [3.63, 3.8) is 0 Å². The van der Waals surface area contributed by atoms with Crippen molar-refractivity contribution in [2.24, 2.45) is 39.9 Å². The molecule has 7 atom stereocenters. The third kappa shape index (κ3) is 2.16. The summed E-state index contributed by atoms with van der Waals surface area (Å²) in [5, 5.41) is 0.813. The van der Waals surface area contributed by atoms with E-state index in [2.05, 4.69) is 19.9 Å². The first-order valence-corrected chi connectivity index (χ1v) is 11.8. The van der Waals surface area contributed by atoms with Crippen LogP contribution in [0.15, 0.2) is 22.8 Å². The number of ketones is 2. The third-order valence-corrected chi connectivity index (χ3v) is 10.5. The first kappa shape index (κ1) is 19.1. The van der Waals surface area contributed by atoms with Gasteiger partial charge in [0.1, 0.15) is 5.78 Å². The highest BCUT2D eigenvalue weighted by Crippen LogP contribution is 2.73. The molecule has 5 rings (SSSR count). The van der Waals surface area contributed by atoms with Gasteiger partial charge in [-0.3, -0.25) is 9.59 Å². The highest BCUT2D eigenvalue weighted by Gasteiger charge is 2.69. The lowest BCUT2D eigenvalue weighted by Gasteiger charge is -2.59. The maximum atomic E-state index is 13.1. The number of hydrogen-bond acceptors (Lipinski definition) is 2. The predicted octanol–water partition coefficient (Wildman–Crippen LogP) is 6.24. The Balaban J connectivity index is 1.62. The number of carbonyl (C=O) groups excluding carboxylic acids is 2. The molecule has 0 aliphatic heterocycles. The molecule has 0 bridgehead atoms. The second-order valence-electron chi connectivity index (χ2n) is 10.9. The lowest BCUT2D eigenvalue weighted by molar-refractivity contribution is -0.145. The minimum Gasteiger partial charge on any atom is -0.299 e. The molecule has 3 fully saturated rings. The maximum Gasteiger partial charge on any atom is 0.156 e. The number of allylic oxidation sites excluding steroid dienone is 4. The summed E-state index contributed by atoms with van der Waals surface area (Å²) >= 11 is 6.82. The van der Waals surface area contributed by atoms with Gasteiger partial charge in [0.15, 0.2) is 5.78 Å². The average molecular weight is 401 g/mol. The highest BCUT2D eigenvalue weighted by atomic mass is 35.5. The Morgan fingerprint density at radius 1 is 1.11 bits per heavy atom. The number of carbonyl (C=O) groups is 2. The molecule has 0 saturated heterocycles. The lowest BCUT2D eigenvalue weighted by Crippen LogP contribution is -2.54. The largest absolute Gasteiger partial charge is 0.299 e. The van der Waals surface area contributed by atoms with E-state index in [0.29, 0.717) is 35.9 Å². The summed E-state index contributed by atoms with van der Waals surface area (Å²) in [5.74, 6) is 2.77. The molecule has 0 radical (unpaired) electrons. The standard InChI is InChI=1S/C25H33ClO2/c1-15(27)25-9-5-4-6-16(25)12-20-18-14-22(26)21-13-17(28)7-10-23(21,2)19(18)8-11-24(20,25)3/h13-14,16,18-20H,4-12H2,1-3H3/t16-,18-,19+,20+,23-,24+,25+/m1/s1. The number of halogens is 1. The van der Waals surface area contributed by atoms with Gasteiger partial charge in [-0.15, -0.1) is 0 Å². The summed E-state index contributed by atoms with van der Waals surface area (Å²) in [6, 6.07) is 0. The fourth-order valence-electron chi connectivity index (χ4n) is 8.87. The van der Waals surface area contributed by atoms with E-state index >= 15 is 0 Å². The van der Waals surface area contributed by atoms with E-state index < -0.39 is 0 Å². The van der Waals surface area contributed by atoms with E-state index in [4.69, 9.17) is 11.6 Å². The van der Waals surface area contributed by atoms with Crippen LogP contribution in [0.1, 0.15) is 78.6 Å². The van der Waals surface area contributed by atoms with Crippen LogP contribution in [0.5, 0.6) is 0 Å². The number of rotatable bonds is 1. The zero-order valence-electron chi connectivity index (χ0n) is 17.5. The quantitative estimate of drug-likeness (QED) is 0.522. The Morgan fingerprint density at radius 3 is 2.64 bits per heavy atom. The van der Waals surface area contributed by atoms with Crippen LogP contribution in [0, 0.1) is 39.9 Å². The summed E-state index contributed by atoms with van der Waals surface area (Å²) in [4.78, 5) is 25.2. The second-order valence-corrected chi connectivity index (χ2v) is 11.3. The topological polar surface area (TPSA) is 34.1 Å². The van der Waals surface area contributed by atoms with Gasteiger partial charge in [0, 0.05) is 16.9 Å². The zero-order chi connectivity index (χ0) is 19.9. The molecule has 0 aromatic carbocycles. The second kappa shape index (κ2) is 6.06. The van der Waals surface area contributed by atoms with Crippen molar-refractivity contribution in [3.05, 3.63) is 22.8 Å². The number of Topliss-reactive ketones (excluding diaryl/α,β-unsaturated/α-hetero) is 1. The molecule has 0 heterocycles. The van der Waals surface area contributed by atoms with E-state index in [1.54, 1.807) is 0 Å². The summed E-state index contributed by atoms with van der Waals surface area (Å²) in [6.45, 7) is 6.67. The van der Waals surface area contributed by atoms with E-state index in [-0.39, 0.29) is 22.0 Å². The van der Waals surface area contributed by atoms with Crippen LogP contribution in [0.2, 0.25) is 0 Å². The van der Waals surface area contributed by atoms with E-state index in [0.717, 1.165) is 36.3 Å². The molecule has 0 unspecified atom stereocenters. The average Bonchev–Trinajstić information content (AvgIpc) is 2.94. The molecule has 2 nitrogen and oxygen atoms in total. The lowest BCUT2D eigenvalue weighted by atomic mass is 9.45. The van der Waals surface area contributed by atoms with Gasteiger partial charge in [0.05, 0.1) is 0 Å². The van der Waals surface area contributed by atoms with E-state index in [1.165, 1.54) is 25.7 Å². The van der Waals surface area contributed by atoms with Crippen LogP contribution in [0.25, 0.3) is 0 Å². The Hall–Kier alpha value is -0.890. The fraction of sp³-hybridized carbons (Fsp3) is 0.760. The van der Waals surface area contributed by atoms with Gasteiger partial charge in [-0.1, -0.05) is 44.4 Å². The van der Waals surface area contributed by atoms with Crippen molar-refractivity contribution in [1.82, 2.24) is 0 Å². The fourth-order valence-corrected chi connectivity index (χ4v) is 9.29. The molecule has 0 aromatic rings. The summed E-state index contributed by atoms with van der Waals surface area (Å²) < 4.78 is 0. The van der Waals surface area contributed by atoms with E-state index in [9.17, 15) is 9.59 Å². The maximum absolute atomic E-state index is 13.1. The minimum atomic E-state index is -0.110. The molecular weight excluding hydrogens is 368 g/mol. The van der Waals surface area contributed by atoms with Crippen molar-refractivity contribution < 1.29 is 9.59 Å². The Kier molecular flexibility index (Phi) is 4.13. The predicted molar refractivity (Wildman–Crippen MR) is 112 cm³/mol. The zero-order valence-corrected chi connectivity index (χ0v) is 18.3. The SMILES string of the molecule is CC(=O)[C@@]12CCCC[C@@H]1C[C@H]1[C@@H]3C=C(Cl)C4=CC(=O)CC[C@]4(C)[C@H]3CC[C@@]12C. The molecule has 152 valence electrons. The molecule has 0 N–H and O–H groups in total. The molecular formula is C25H33ClO2. The number of hydrogen-bond donors (Lipinski definition) is 0. The van der Waals surface area contributed by atoms with Crippen LogP contribution in [-0.4, -0.2) is 11.6 Å². The van der Waals surface area contributed by atoms with Crippen LogP contribution in [-0.2, 0) is 9.59 Å². The van der Waals surface area contributed by atoms with E-state index in [1.807, 2.05) is 13.0 Å². The van der Waals surface area contributed by atoms with Gasteiger partial charge < -0.3 is 0 Å². The molecule has 5 aliphatic rings. The van der Waals surface area contributed by atoms with Gasteiger partial charge in [-0.2, -0.15) is 0 Å². The monoisotopic (exact) mass is 400 g/mol. The van der Waals surface area contributed by atoms with Crippen LogP contribution in [0.3, 0.4) is 0 Å². The van der Waals surface area contributed by atoms with Gasteiger partial charge in [-0.05, 0) is 91.6 Å². The first-order valence-electron chi connectivity index (χ1n) is 11.4.